The number of hydrogen-bond donors (Lipinski definition) is 1. The van der Waals surface area contributed by atoms with E-state index in [2.05, 4.69) is 19.9 Å². The molecule has 0 saturated heterocycles. The highest BCUT2D eigenvalue weighted by molar-refractivity contribution is 7.92. The molecule has 0 fully saturated rings. The Morgan fingerprint density at radius 2 is 1.67 bits per heavy atom. The predicted molar refractivity (Wildman–Crippen MR) is 75.8 cm³/mol. The van der Waals surface area contributed by atoms with E-state index in [1.807, 2.05) is 13.8 Å². The molecule has 0 spiro atoms. The summed E-state index contributed by atoms with van der Waals surface area (Å²) in [6.45, 7) is 3.83. The molecule has 0 aliphatic rings. The van der Waals surface area contributed by atoms with Crippen molar-refractivity contribution in [1.29, 1.82) is 0 Å². The lowest BCUT2D eigenvalue weighted by Crippen LogP contribution is -2.17. The number of rotatable bonds is 5. The Labute approximate surface area is 122 Å². The first-order chi connectivity index (χ1) is 9.96. The fourth-order valence-corrected chi connectivity index (χ4v) is 2.71. The van der Waals surface area contributed by atoms with Crippen LogP contribution in [0.5, 0.6) is 0 Å². The number of sulfonamides is 1. The van der Waals surface area contributed by atoms with Gasteiger partial charge in [0.1, 0.15) is 5.82 Å². The summed E-state index contributed by atoms with van der Waals surface area (Å²) in [5, 5.41) is 7.72. The molecule has 0 atom stereocenters. The topological polar surface area (TPSA) is 84.8 Å². The Morgan fingerprint density at radius 1 is 1.05 bits per heavy atom. The normalized spacial score (nSPS) is 11.4. The Bertz CT molecular complexity index is 732. The van der Waals surface area contributed by atoms with Gasteiger partial charge in [-0.2, -0.15) is 0 Å². The predicted octanol–water partition coefficient (Wildman–Crippen LogP) is 1.94. The summed E-state index contributed by atoms with van der Waals surface area (Å²) in [6.07, 6.45) is 1.30. The molecule has 0 unspecified atom stereocenters. The average molecular weight is 310 g/mol. The second-order valence-electron chi connectivity index (χ2n) is 4.30. The average Bonchev–Trinajstić information content (AvgIpc) is 2.47. The zero-order chi connectivity index (χ0) is 15.5. The highest BCUT2D eigenvalue weighted by atomic mass is 32.2. The number of aryl methyl sites for hydroxylation is 2. The van der Waals surface area contributed by atoms with Crippen LogP contribution in [0.4, 0.5) is 10.3 Å². The van der Waals surface area contributed by atoms with Crippen molar-refractivity contribution < 1.29 is 12.8 Å². The third-order valence-corrected chi connectivity index (χ3v) is 4.20. The molecule has 112 valence electrons. The number of aromatic nitrogens is 3. The minimum absolute atomic E-state index is 0.0647. The third-order valence-electron chi connectivity index (χ3n) is 2.86. The molecule has 0 amide bonds. The van der Waals surface area contributed by atoms with Gasteiger partial charge in [-0.1, -0.05) is 13.8 Å². The number of halogens is 1. The summed E-state index contributed by atoms with van der Waals surface area (Å²) >= 11 is 0. The van der Waals surface area contributed by atoms with Gasteiger partial charge >= 0.3 is 0 Å². The van der Waals surface area contributed by atoms with Crippen LogP contribution in [0, 0.1) is 5.82 Å². The summed E-state index contributed by atoms with van der Waals surface area (Å²) in [5.41, 5.74) is 1.44. The van der Waals surface area contributed by atoms with Gasteiger partial charge < -0.3 is 0 Å². The van der Waals surface area contributed by atoms with Crippen molar-refractivity contribution in [3.63, 3.8) is 0 Å². The quantitative estimate of drug-likeness (QED) is 0.912. The van der Waals surface area contributed by atoms with Gasteiger partial charge in [-0.05, 0) is 37.1 Å². The molecule has 21 heavy (non-hydrogen) atoms. The van der Waals surface area contributed by atoms with Gasteiger partial charge in [0.25, 0.3) is 16.0 Å². The van der Waals surface area contributed by atoms with Crippen LogP contribution in [0.2, 0.25) is 0 Å². The molecular weight excluding hydrogens is 295 g/mol. The van der Waals surface area contributed by atoms with E-state index in [1.165, 1.54) is 12.1 Å². The lowest BCUT2D eigenvalue weighted by atomic mass is 10.2. The van der Waals surface area contributed by atoms with Gasteiger partial charge in [-0.25, -0.2) is 22.5 Å². The van der Waals surface area contributed by atoms with Crippen molar-refractivity contribution in [2.24, 2.45) is 0 Å². The molecule has 0 saturated carbocycles. The molecule has 8 heteroatoms. The lowest BCUT2D eigenvalue weighted by molar-refractivity contribution is 0.599. The van der Waals surface area contributed by atoms with Crippen LogP contribution < -0.4 is 4.72 Å². The van der Waals surface area contributed by atoms with Crippen molar-refractivity contribution in [2.75, 3.05) is 4.72 Å². The van der Waals surface area contributed by atoms with Crippen LogP contribution in [0.3, 0.4) is 0 Å². The Hall–Kier alpha value is -2.09. The van der Waals surface area contributed by atoms with Crippen molar-refractivity contribution in [1.82, 2.24) is 15.2 Å². The number of nitrogens with zero attached hydrogens (tertiary/aromatic N) is 3. The third kappa shape index (κ3) is 3.52. The van der Waals surface area contributed by atoms with Gasteiger partial charge in [0.15, 0.2) is 0 Å². The van der Waals surface area contributed by atoms with Crippen LogP contribution in [0.1, 0.15) is 25.2 Å². The minimum Gasteiger partial charge on any atom is -0.246 e. The number of hydrogen-bond acceptors (Lipinski definition) is 5. The van der Waals surface area contributed by atoms with Gasteiger partial charge in [0.05, 0.1) is 16.3 Å². The standard InChI is InChI=1S/C13H15FN4O2S/c1-3-11-12(4-2)16-17-13(15-11)18-21(19,20)10-7-5-9(14)6-8-10/h5-8H,3-4H2,1-2H3,(H,15,17,18). The molecule has 0 aliphatic carbocycles. The molecule has 0 radical (unpaired) electrons. The summed E-state index contributed by atoms with van der Waals surface area (Å²) in [5.74, 6) is -0.596. The zero-order valence-electron chi connectivity index (χ0n) is 11.7. The van der Waals surface area contributed by atoms with Crippen LogP contribution in [-0.4, -0.2) is 23.6 Å². The first-order valence-electron chi connectivity index (χ1n) is 6.47. The van der Waals surface area contributed by atoms with Gasteiger partial charge in [0, 0.05) is 0 Å². The van der Waals surface area contributed by atoms with E-state index in [1.54, 1.807) is 0 Å². The molecule has 2 rings (SSSR count). The molecule has 0 aliphatic heterocycles. The first-order valence-corrected chi connectivity index (χ1v) is 7.95. The molecular formula is C13H15FN4O2S. The van der Waals surface area contributed by atoms with Gasteiger partial charge in [0.2, 0.25) is 0 Å². The SMILES string of the molecule is CCc1nnc(NS(=O)(=O)c2ccc(F)cc2)nc1CC. The highest BCUT2D eigenvalue weighted by Gasteiger charge is 2.17. The first kappa shape index (κ1) is 15.3. The fourth-order valence-electron chi connectivity index (χ4n) is 1.77. The number of nitrogens with one attached hydrogen (secondary N) is 1. The Kier molecular flexibility index (Phi) is 4.46. The molecule has 1 aromatic carbocycles. The summed E-state index contributed by atoms with van der Waals surface area (Å²) < 4.78 is 39.3. The second-order valence-corrected chi connectivity index (χ2v) is 5.98. The minimum atomic E-state index is -3.86. The number of anilines is 1. The lowest BCUT2D eigenvalue weighted by Gasteiger charge is -2.08. The molecule has 2 aromatic rings. The Balaban J connectivity index is 2.30. The maximum Gasteiger partial charge on any atom is 0.264 e. The molecule has 1 aromatic heterocycles. The van der Waals surface area contributed by atoms with Crippen molar-refractivity contribution in [2.45, 2.75) is 31.6 Å². The van der Waals surface area contributed by atoms with E-state index < -0.39 is 15.8 Å². The van der Waals surface area contributed by atoms with E-state index in [-0.39, 0.29) is 10.8 Å². The molecule has 0 bridgehead atoms. The van der Waals surface area contributed by atoms with Crippen molar-refractivity contribution in [3.05, 3.63) is 41.5 Å². The van der Waals surface area contributed by atoms with Crippen LogP contribution >= 0.6 is 0 Å². The maximum absolute atomic E-state index is 12.8. The fraction of sp³-hybridized carbons (Fsp3) is 0.308. The van der Waals surface area contributed by atoms with Gasteiger partial charge in [-0.15, -0.1) is 10.2 Å². The summed E-state index contributed by atoms with van der Waals surface area (Å²) in [4.78, 5) is 4.09. The van der Waals surface area contributed by atoms with Crippen LogP contribution in [0.15, 0.2) is 29.2 Å². The van der Waals surface area contributed by atoms with Crippen LogP contribution in [-0.2, 0) is 22.9 Å². The summed E-state index contributed by atoms with van der Waals surface area (Å²) in [7, 11) is -3.86. The van der Waals surface area contributed by atoms with E-state index in [0.717, 1.165) is 17.8 Å². The maximum atomic E-state index is 12.8. The molecule has 1 N–H and O–H groups in total. The number of benzene rings is 1. The summed E-state index contributed by atoms with van der Waals surface area (Å²) in [6, 6.07) is 4.50. The van der Waals surface area contributed by atoms with E-state index in [4.69, 9.17) is 0 Å². The largest absolute Gasteiger partial charge is 0.264 e. The second kappa shape index (κ2) is 6.13. The van der Waals surface area contributed by atoms with Crippen LogP contribution in [0.25, 0.3) is 0 Å². The smallest absolute Gasteiger partial charge is 0.246 e. The monoisotopic (exact) mass is 310 g/mol. The molecule has 6 nitrogen and oxygen atoms in total. The zero-order valence-corrected chi connectivity index (χ0v) is 12.5. The highest BCUT2D eigenvalue weighted by Crippen LogP contribution is 2.14. The molecule has 1 heterocycles. The Morgan fingerprint density at radius 3 is 2.24 bits per heavy atom. The van der Waals surface area contributed by atoms with Crippen molar-refractivity contribution in [3.8, 4) is 0 Å². The van der Waals surface area contributed by atoms with Gasteiger partial charge in [-0.3, -0.25) is 0 Å². The van der Waals surface area contributed by atoms with E-state index in [9.17, 15) is 12.8 Å². The van der Waals surface area contributed by atoms with Crippen molar-refractivity contribution >= 4 is 16.0 Å². The van der Waals surface area contributed by atoms with E-state index >= 15 is 0 Å². The van der Waals surface area contributed by atoms with E-state index in [0.29, 0.717) is 18.5 Å².